The molecule has 156 valence electrons. The van der Waals surface area contributed by atoms with Crippen LogP contribution in [0.15, 0.2) is 36.9 Å². The molecule has 1 aromatic carbocycles. The SMILES string of the molecule is CNC(=O)[C@@]12CO[C@@H]([C@H](n3cnc4c(NCc5cccc(I)c5)ncnc43)O1)[C@@H]2O. The zero-order valence-electron chi connectivity index (χ0n) is 15.9. The highest BCUT2D eigenvalue weighted by Gasteiger charge is 2.65. The number of aliphatic hydroxyl groups excluding tert-OH is 1. The van der Waals surface area contributed by atoms with E-state index in [1.807, 2.05) is 18.2 Å². The number of rotatable bonds is 5. The molecule has 3 aromatic rings. The van der Waals surface area contributed by atoms with Gasteiger partial charge in [-0.2, -0.15) is 0 Å². The minimum atomic E-state index is -1.43. The van der Waals surface area contributed by atoms with Gasteiger partial charge in [-0.1, -0.05) is 12.1 Å². The molecule has 10 nitrogen and oxygen atoms in total. The zero-order chi connectivity index (χ0) is 20.9. The van der Waals surface area contributed by atoms with E-state index in [2.05, 4.69) is 54.2 Å². The number of nitrogens with one attached hydrogen (secondary N) is 2. The quantitative estimate of drug-likeness (QED) is 0.421. The van der Waals surface area contributed by atoms with Gasteiger partial charge in [-0.3, -0.25) is 9.36 Å². The number of aliphatic hydroxyl groups is 1. The molecule has 2 aliphatic rings. The van der Waals surface area contributed by atoms with Crippen LogP contribution in [0.3, 0.4) is 0 Å². The Morgan fingerprint density at radius 1 is 1.40 bits per heavy atom. The van der Waals surface area contributed by atoms with Gasteiger partial charge in [-0.15, -0.1) is 0 Å². The standard InChI is InChI=1S/C19H19IN6O4/c1-21-18(28)19-7-29-13(14(19)27)17(30-19)26-9-25-12-15(23-8-24-16(12)26)22-6-10-3-2-4-11(20)5-10/h2-5,8-9,13-14,17,27H,6-7H2,1H3,(H,21,28)(H,22,23,24)/t13-,14+,17-,19+/m1/s1. The molecular weight excluding hydrogens is 503 g/mol. The maximum atomic E-state index is 12.3. The van der Waals surface area contributed by atoms with Gasteiger partial charge < -0.3 is 25.2 Å². The Labute approximate surface area is 185 Å². The average molecular weight is 522 g/mol. The van der Waals surface area contributed by atoms with Crippen molar-refractivity contribution in [1.29, 1.82) is 0 Å². The van der Waals surface area contributed by atoms with Crippen molar-refractivity contribution in [2.24, 2.45) is 0 Å². The lowest BCUT2D eigenvalue weighted by Gasteiger charge is -2.29. The largest absolute Gasteiger partial charge is 0.387 e. The number of likely N-dealkylation sites (N-methyl/N-ethyl adjacent to an activating group) is 1. The summed E-state index contributed by atoms with van der Waals surface area (Å²) in [5.41, 5.74) is 0.779. The van der Waals surface area contributed by atoms with Gasteiger partial charge in [-0.25, -0.2) is 15.0 Å². The van der Waals surface area contributed by atoms with E-state index in [4.69, 9.17) is 9.47 Å². The third-order valence-corrected chi connectivity index (χ3v) is 6.16. The molecule has 5 rings (SSSR count). The van der Waals surface area contributed by atoms with Crippen LogP contribution >= 0.6 is 22.6 Å². The number of aromatic nitrogens is 4. The van der Waals surface area contributed by atoms with E-state index in [1.165, 1.54) is 13.4 Å². The number of fused-ring (bicyclic) bond motifs is 3. The van der Waals surface area contributed by atoms with E-state index in [-0.39, 0.29) is 6.61 Å². The fourth-order valence-corrected chi connectivity index (χ4v) is 4.57. The van der Waals surface area contributed by atoms with Crippen LogP contribution in [-0.2, 0) is 20.8 Å². The number of nitrogens with zero attached hydrogens (tertiary/aromatic N) is 4. The topological polar surface area (TPSA) is 123 Å². The summed E-state index contributed by atoms with van der Waals surface area (Å²) in [5.74, 6) is 0.169. The summed E-state index contributed by atoms with van der Waals surface area (Å²) in [6.07, 6.45) is 0.498. The van der Waals surface area contributed by atoms with Gasteiger partial charge in [0.15, 0.2) is 23.2 Å². The average Bonchev–Trinajstić information content (AvgIpc) is 3.42. The molecule has 2 aliphatic heterocycles. The lowest BCUT2D eigenvalue weighted by atomic mass is 9.98. The lowest BCUT2D eigenvalue weighted by Crippen LogP contribution is -2.53. The molecule has 4 heterocycles. The fraction of sp³-hybridized carbons (Fsp3) is 0.368. The van der Waals surface area contributed by atoms with E-state index >= 15 is 0 Å². The highest BCUT2D eigenvalue weighted by molar-refractivity contribution is 14.1. The smallest absolute Gasteiger partial charge is 0.257 e. The van der Waals surface area contributed by atoms with E-state index in [9.17, 15) is 9.90 Å². The van der Waals surface area contributed by atoms with E-state index < -0.39 is 29.9 Å². The Hall–Kier alpha value is -2.35. The Bertz CT molecular complexity index is 1120. The molecule has 4 atom stereocenters. The predicted octanol–water partition coefficient (Wildman–Crippen LogP) is 0.816. The summed E-state index contributed by atoms with van der Waals surface area (Å²) in [6.45, 7) is 0.583. The molecule has 0 aliphatic carbocycles. The first-order valence-corrected chi connectivity index (χ1v) is 10.5. The molecule has 0 saturated carbocycles. The Balaban J connectivity index is 1.44. The normalized spacial score (nSPS) is 27.5. The van der Waals surface area contributed by atoms with Crippen molar-refractivity contribution < 1.29 is 19.4 Å². The monoisotopic (exact) mass is 522 g/mol. The second-order valence-electron chi connectivity index (χ2n) is 7.23. The molecule has 3 N–H and O–H groups in total. The molecule has 2 fully saturated rings. The summed E-state index contributed by atoms with van der Waals surface area (Å²) in [7, 11) is 1.50. The Morgan fingerprint density at radius 3 is 3.07 bits per heavy atom. The van der Waals surface area contributed by atoms with Crippen LogP contribution < -0.4 is 10.6 Å². The number of ether oxygens (including phenoxy) is 2. The molecule has 0 unspecified atom stereocenters. The van der Waals surface area contributed by atoms with Crippen molar-refractivity contribution in [3.8, 4) is 0 Å². The minimum absolute atomic E-state index is 0.000693. The first-order chi connectivity index (χ1) is 14.5. The number of amides is 1. The Morgan fingerprint density at radius 2 is 2.27 bits per heavy atom. The van der Waals surface area contributed by atoms with E-state index in [0.717, 1.165) is 9.13 Å². The second-order valence-corrected chi connectivity index (χ2v) is 8.47. The summed E-state index contributed by atoms with van der Waals surface area (Å²) in [4.78, 5) is 25.4. The summed E-state index contributed by atoms with van der Waals surface area (Å²) in [5, 5.41) is 16.5. The second kappa shape index (κ2) is 7.41. The molecule has 11 heteroatoms. The van der Waals surface area contributed by atoms with Crippen LogP contribution in [0.25, 0.3) is 11.2 Å². The van der Waals surface area contributed by atoms with Gasteiger partial charge >= 0.3 is 0 Å². The number of hydrogen-bond acceptors (Lipinski definition) is 8. The van der Waals surface area contributed by atoms with Gasteiger partial charge in [0.1, 0.15) is 18.5 Å². The third-order valence-electron chi connectivity index (χ3n) is 5.48. The van der Waals surface area contributed by atoms with E-state index in [0.29, 0.717) is 23.5 Å². The van der Waals surface area contributed by atoms with Crippen molar-refractivity contribution in [2.75, 3.05) is 19.0 Å². The number of carbonyl (C=O) groups is 1. The molecular formula is C19H19IN6O4. The predicted molar refractivity (Wildman–Crippen MR) is 114 cm³/mol. The zero-order valence-corrected chi connectivity index (χ0v) is 18.1. The summed E-state index contributed by atoms with van der Waals surface area (Å²) < 4.78 is 14.5. The molecule has 0 spiro atoms. The first kappa shape index (κ1) is 19.6. The highest BCUT2D eigenvalue weighted by atomic mass is 127. The maximum absolute atomic E-state index is 12.3. The fourth-order valence-electron chi connectivity index (χ4n) is 3.97. The van der Waals surface area contributed by atoms with Gasteiger partial charge in [0, 0.05) is 17.2 Å². The van der Waals surface area contributed by atoms with Crippen LogP contribution in [0, 0.1) is 3.57 Å². The van der Waals surface area contributed by atoms with Crippen LogP contribution in [0.5, 0.6) is 0 Å². The van der Waals surface area contributed by atoms with Gasteiger partial charge in [0.05, 0.1) is 12.9 Å². The molecule has 0 radical (unpaired) electrons. The Kier molecular flexibility index (Phi) is 4.84. The van der Waals surface area contributed by atoms with Crippen LogP contribution in [-0.4, -0.2) is 62.0 Å². The lowest BCUT2D eigenvalue weighted by molar-refractivity contribution is -0.184. The minimum Gasteiger partial charge on any atom is -0.387 e. The van der Waals surface area contributed by atoms with Crippen LogP contribution in [0.2, 0.25) is 0 Å². The molecule has 2 aromatic heterocycles. The number of benzene rings is 1. The number of carbonyl (C=O) groups excluding carboxylic acids is 1. The maximum Gasteiger partial charge on any atom is 0.257 e. The summed E-state index contributed by atoms with van der Waals surface area (Å²) in [6, 6.07) is 8.16. The number of hydrogen-bond donors (Lipinski definition) is 3. The van der Waals surface area contributed by atoms with Crippen molar-refractivity contribution in [2.45, 2.75) is 30.6 Å². The van der Waals surface area contributed by atoms with Gasteiger partial charge in [0.25, 0.3) is 5.91 Å². The van der Waals surface area contributed by atoms with Crippen LogP contribution in [0.4, 0.5) is 5.82 Å². The highest BCUT2D eigenvalue weighted by Crippen LogP contribution is 2.45. The van der Waals surface area contributed by atoms with E-state index in [1.54, 1.807) is 10.9 Å². The van der Waals surface area contributed by atoms with Crippen molar-refractivity contribution in [3.63, 3.8) is 0 Å². The van der Waals surface area contributed by atoms with Gasteiger partial charge in [-0.05, 0) is 40.3 Å². The number of halogens is 1. The van der Waals surface area contributed by atoms with Crippen molar-refractivity contribution in [1.82, 2.24) is 24.8 Å². The van der Waals surface area contributed by atoms with Crippen LogP contribution in [0.1, 0.15) is 11.8 Å². The first-order valence-electron chi connectivity index (χ1n) is 9.39. The number of imidazole rings is 1. The molecule has 2 saturated heterocycles. The molecule has 1 amide bonds. The summed E-state index contributed by atoms with van der Waals surface area (Å²) >= 11 is 2.27. The molecule has 30 heavy (non-hydrogen) atoms. The van der Waals surface area contributed by atoms with Gasteiger partial charge in [0.2, 0.25) is 5.60 Å². The number of anilines is 1. The van der Waals surface area contributed by atoms with Crippen molar-refractivity contribution >= 4 is 45.5 Å². The third kappa shape index (κ3) is 2.95. The van der Waals surface area contributed by atoms with Crippen molar-refractivity contribution in [3.05, 3.63) is 46.1 Å². The molecule has 2 bridgehead atoms.